The van der Waals surface area contributed by atoms with Crippen LogP contribution < -0.4 is 10.6 Å². The summed E-state index contributed by atoms with van der Waals surface area (Å²) in [5, 5.41) is 13.1. The first-order valence-electron chi connectivity index (χ1n) is 6.30. The third-order valence-corrected chi connectivity index (χ3v) is 3.39. The maximum Gasteiger partial charge on any atom is 0.343 e. The van der Waals surface area contributed by atoms with E-state index >= 15 is 0 Å². The molecule has 0 spiro atoms. The van der Waals surface area contributed by atoms with Crippen LogP contribution in [0.15, 0.2) is 12.3 Å². The van der Waals surface area contributed by atoms with Crippen LogP contribution in [0.25, 0.3) is 5.65 Å². The van der Waals surface area contributed by atoms with Crippen molar-refractivity contribution in [3.8, 4) is 0 Å². The lowest BCUT2D eigenvalue weighted by Crippen LogP contribution is -2.30. The molecule has 1 aliphatic rings. The molecule has 2 aromatic rings. The van der Waals surface area contributed by atoms with Gasteiger partial charge in [0.05, 0.1) is 0 Å². The van der Waals surface area contributed by atoms with Crippen molar-refractivity contribution in [3.63, 3.8) is 0 Å². The quantitative estimate of drug-likeness (QED) is 0.837. The van der Waals surface area contributed by atoms with Crippen molar-refractivity contribution in [2.45, 2.75) is 19.3 Å². The maximum absolute atomic E-state index is 11.2. The molecule has 3 rings (SSSR count). The average molecular weight is 261 g/mol. The zero-order valence-corrected chi connectivity index (χ0v) is 10.4. The van der Waals surface area contributed by atoms with E-state index in [0.717, 1.165) is 31.7 Å². The first-order chi connectivity index (χ1) is 9.16. The third kappa shape index (κ3) is 1.96. The summed E-state index contributed by atoms with van der Waals surface area (Å²) in [5.74, 6) is -0.318. The number of hydrogen-bond donors (Lipinski definition) is 2. The van der Waals surface area contributed by atoms with Crippen LogP contribution in [0, 0.1) is 0 Å². The summed E-state index contributed by atoms with van der Waals surface area (Å²) in [4.78, 5) is 17.8. The molecule has 0 saturated carbocycles. The molecule has 1 aliphatic heterocycles. The number of carboxylic acid groups (broad SMARTS) is 1. The molecule has 2 aromatic heterocycles. The van der Waals surface area contributed by atoms with Crippen LogP contribution in [-0.4, -0.2) is 38.8 Å². The number of rotatable bonds is 2. The minimum absolute atomic E-state index is 0.00389. The summed E-state index contributed by atoms with van der Waals surface area (Å²) in [6.45, 7) is 1.91. The van der Waals surface area contributed by atoms with Gasteiger partial charge in [0, 0.05) is 19.3 Å². The fourth-order valence-electron chi connectivity index (χ4n) is 2.44. The van der Waals surface area contributed by atoms with Gasteiger partial charge in [0.2, 0.25) is 0 Å². The highest BCUT2D eigenvalue weighted by Gasteiger charge is 2.20. The number of nitrogens with two attached hydrogens (primary N) is 1. The Hall–Kier alpha value is -2.31. The van der Waals surface area contributed by atoms with Crippen LogP contribution in [0.4, 0.5) is 11.6 Å². The van der Waals surface area contributed by atoms with Crippen LogP contribution in [0.2, 0.25) is 0 Å². The minimum atomic E-state index is -1.10. The molecular formula is C12H15N5O2. The molecule has 0 aromatic carbocycles. The molecule has 0 atom stereocenters. The Bertz CT molecular complexity index is 630. The van der Waals surface area contributed by atoms with E-state index in [2.05, 4.69) is 15.0 Å². The van der Waals surface area contributed by atoms with E-state index in [0.29, 0.717) is 5.65 Å². The number of nitrogens with zero attached hydrogens (tertiary/aromatic N) is 4. The van der Waals surface area contributed by atoms with Gasteiger partial charge < -0.3 is 15.7 Å². The summed E-state index contributed by atoms with van der Waals surface area (Å²) >= 11 is 0. The summed E-state index contributed by atoms with van der Waals surface area (Å²) in [6, 6.07) is 1.84. The van der Waals surface area contributed by atoms with Gasteiger partial charge in [0.15, 0.2) is 11.5 Å². The van der Waals surface area contributed by atoms with Crippen molar-refractivity contribution >= 4 is 23.3 Å². The molecule has 3 heterocycles. The zero-order valence-electron chi connectivity index (χ0n) is 10.4. The molecular weight excluding hydrogens is 246 g/mol. The summed E-state index contributed by atoms with van der Waals surface area (Å²) in [5.41, 5.74) is 5.89. The third-order valence-electron chi connectivity index (χ3n) is 3.39. The van der Waals surface area contributed by atoms with E-state index in [9.17, 15) is 4.79 Å². The number of carboxylic acids is 1. The van der Waals surface area contributed by atoms with Crippen molar-refractivity contribution in [1.29, 1.82) is 0 Å². The van der Waals surface area contributed by atoms with Gasteiger partial charge in [0.1, 0.15) is 11.4 Å². The molecule has 0 bridgehead atoms. The number of nitrogen functional groups attached to an aromatic ring is 1. The molecule has 7 nitrogen and oxygen atoms in total. The minimum Gasteiger partial charge on any atom is -0.477 e. The second kappa shape index (κ2) is 4.42. The van der Waals surface area contributed by atoms with Gasteiger partial charge >= 0.3 is 5.97 Å². The van der Waals surface area contributed by atoms with Gasteiger partial charge in [0.25, 0.3) is 0 Å². The van der Waals surface area contributed by atoms with Crippen LogP contribution in [0.5, 0.6) is 0 Å². The molecule has 0 unspecified atom stereocenters. The summed E-state index contributed by atoms with van der Waals surface area (Å²) in [6.07, 6.45) is 5.22. The predicted octanol–water partition coefficient (Wildman–Crippen LogP) is 1.00. The molecule has 0 radical (unpaired) electrons. The Kier molecular flexibility index (Phi) is 2.73. The van der Waals surface area contributed by atoms with Gasteiger partial charge in [-0.2, -0.15) is 0 Å². The number of aromatic carboxylic acids is 1. The van der Waals surface area contributed by atoms with Crippen LogP contribution in [-0.2, 0) is 0 Å². The van der Waals surface area contributed by atoms with E-state index in [4.69, 9.17) is 10.8 Å². The Morgan fingerprint density at radius 2 is 2.05 bits per heavy atom. The van der Waals surface area contributed by atoms with Gasteiger partial charge in [-0.25, -0.2) is 14.3 Å². The first kappa shape index (κ1) is 11.8. The monoisotopic (exact) mass is 261 g/mol. The van der Waals surface area contributed by atoms with E-state index in [1.54, 1.807) is 6.20 Å². The standard InChI is InChI=1S/C12H15N5O2/c13-10-9(12(18)19)11-14-8(4-7-17(11)15-10)16-5-2-1-3-6-16/h4,7H,1-3,5-6H2,(H2,13,15)(H,18,19). The van der Waals surface area contributed by atoms with Crippen molar-refractivity contribution < 1.29 is 9.90 Å². The van der Waals surface area contributed by atoms with Crippen LogP contribution in [0.3, 0.4) is 0 Å². The Balaban J connectivity index is 2.08. The molecule has 100 valence electrons. The van der Waals surface area contributed by atoms with E-state index in [1.807, 2.05) is 6.07 Å². The second-order valence-electron chi connectivity index (χ2n) is 4.67. The normalized spacial score (nSPS) is 15.9. The maximum atomic E-state index is 11.2. The lowest BCUT2D eigenvalue weighted by atomic mass is 10.1. The highest BCUT2D eigenvalue weighted by atomic mass is 16.4. The highest BCUT2D eigenvalue weighted by Crippen LogP contribution is 2.21. The van der Waals surface area contributed by atoms with Gasteiger partial charge in [-0.1, -0.05) is 0 Å². The number of carbonyl (C=O) groups is 1. The number of aromatic nitrogens is 3. The first-order valence-corrected chi connectivity index (χ1v) is 6.30. The lowest BCUT2D eigenvalue weighted by Gasteiger charge is -2.27. The van der Waals surface area contributed by atoms with Crippen molar-refractivity contribution in [3.05, 3.63) is 17.8 Å². The summed E-state index contributed by atoms with van der Waals surface area (Å²) in [7, 11) is 0. The number of fused-ring (bicyclic) bond motifs is 1. The van der Waals surface area contributed by atoms with Crippen LogP contribution in [0.1, 0.15) is 29.6 Å². The lowest BCUT2D eigenvalue weighted by molar-refractivity contribution is 0.0700. The van der Waals surface area contributed by atoms with E-state index in [1.165, 1.54) is 10.9 Å². The molecule has 1 saturated heterocycles. The fourth-order valence-corrected chi connectivity index (χ4v) is 2.44. The number of anilines is 2. The van der Waals surface area contributed by atoms with Gasteiger partial charge in [-0.3, -0.25) is 0 Å². The molecule has 3 N–H and O–H groups in total. The second-order valence-corrected chi connectivity index (χ2v) is 4.67. The van der Waals surface area contributed by atoms with Crippen LogP contribution >= 0.6 is 0 Å². The number of hydrogen-bond acceptors (Lipinski definition) is 5. The molecule has 0 amide bonds. The van der Waals surface area contributed by atoms with Crippen molar-refractivity contribution in [2.24, 2.45) is 0 Å². The van der Waals surface area contributed by atoms with Crippen molar-refractivity contribution in [1.82, 2.24) is 14.6 Å². The van der Waals surface area contributed by atoms with E-state index in [-0.39, 0.29) is 11.4 Å². The summed E-state index contributed by atoms with van der Waals surface area (Å²) < 4.78 is 1.41. The Labute approximate surface area is 109 Å². The Morgan fingerprint density at radius 1 is 1.32 bits per heavy atom. The SMILES string of the molecule is Nc1nn2ccc(N3CCCCC3)nc2c1C(=O)O. The molecule has 0 aliphatic carbocycles. The largest absolute Gasteiger partial charge is 0.477 e. The molecule has 19 heavy (non-hydrogen) atoms. The highest BCUT2D eigenvalue weighted by molar-refractivity contribution is 5.99. The number of piperidine rings is 1. The fraction of sp³-hybridized carbons (Fsp3) is 0.417. The smallest absolute Gasteiger partial charge is 0.343 e. The van der Waals surface area contributed by atoms with Gasteiger partial charge in [-0.15, -0.1) is 5.10 Å². The molecule has 1 fully saturated rings. The Morgan fingerprint density at radius 3 is 2.74 bits per heavy atom. The average Bonchev–Trinajstić information content (AvgIpc) is 2.74. The van der Waals surface area contributed by atoms with E-state index < -0.39 is 5.97 Å². The molecule has 7 heteroatoms. The van der Waals surface area contributed by atoms with Crippen molar-refractivity contribution in [2.75, 3.05) is 23.7 Å². The zero-order chi connectivity index (χ0) is 13.4. The predicted molar refractivity (Wildman–Crippen MR) is 70.4 cm³/mol. The van der Waals surface area contributed by atoms with Gasteiger partial charge in [-0.05, 0) is 25.3 Å². The topological polar surface area (TPSA) is 96.8 Å².